The van der Waals surface area contributed by atoms with Gasteiger partial charge in [-0.05, 0) is 31.5 Å². The maximum Gasteiger partial charge on any atom is 0.310 e. The van der Waals surface area contributed by atoms with Crippen molar-refractivity contribution in [1.82, 2.24) is 4.90 Å². The zero-order chi connectivity index (χ0) is 15.2. The third-order valence-corrected chi connectivity index (χ3v) is 3.95. The molecular formula is C15H18N2O3S. The van der Waals surface area contributed by atoms with E-state index in [1.54, 1.807) is 11.8 Å². The first-order chi connectivity index (χ1) is 10.1. The molecule has 1 aromatic rings. The van der Waals surface area contributed by atoms with Crippen LogP contribution in [0.15, 0.2) is 29.3 Å². The predicted molar refractivity (Wildman–Crippen MR) is 83.7 cm³/mol. The Labute approximate surface area is 128 Å². The van der Waals surface area contributed by atoms with E-state index in [2.05, 4.69) is 4.99 Å². The summed E-state index contributed by atoms with van der Waals surface area (Å²) >= 11 is 1.45. The Balaban J connectivity index is 2.05. The Hall–Kier alpha value is -1.82. The maximum atomic E-state index is 11.6. The highest BCUT2D eigenvalue weighted by Gasteiger charge is 2.26. The molecule has 0 atom stereocenters. The SMILES string of the molecule is CCOC(=O)Cc1ccc(N=C2SCC(=O)N2CC)cc1. The Morgan fingerprint density at radius 3 is 2.67 bits per heavy atom. The van der Waals surface area contributed by atoms with E-state index >= 15 is 0 Å². The molecule has 1 aliphatic heterocycles. The van der Waals surface area contributed by atoms with Gasteiger partial charge in [-0.3, -0.25) is 14.5 Å². The number of esters is 1. The lowest BCUT2D eigenvalue weighted by atomic mass is 10.1. The average molecular weight is 306 g/mol. The summed E-state index contributed by atoms with van der Waals surface area (Å²) in [5.41, 5.74) is 1.66. The summed E-state index contributed by atoms with van der Waals surface area (Å²) in [4.78, 5) is 29.2. The number of carbonyl (C=O) groups excluding carboxylic acids is 2. The highest BCUT2D eigenvalue weighted by atomic mass is 32.2. The first-order valence-corrected chi connectivity index (χ1v) is 7.89. The van der Waals surface area contributed by atoms with E-state index in [1.807, 2.05) is 31.2 Å². The molecule has 0 aliphatic carbocycles. The zero-order valence-corrected chi connectivity index (χ0v) is 13.0. The van der Waals surface area contributed by atoms with Crippen LogP contribution in [0.1, 0.15) is 19.4 Å². The van der Waals surface area contributed by atoms with Gasteiger partial charge in [0.25, 0.3) is 0 Å². The van der Waals surface area contributed by atoms with Gasteiger partial charge in [0.15, 0.2) is 5.17 Å². The fourth-order valence-electron chi connectivity index (χ4n) is 1.97. The Bertz CT molecular complexity index is 555. The van der Waals surface area contributed by atoms with Crippen molar-refractivity contribution in [3.05, 3.63) is 29.8 Å². The number of ether oxygens (including phenoxy) is 1. The zero-order valence-electron chi connectivity index (χ0n) is 12.2. The standard InChI is InChI=1S/C15H18N2O3S/c1-3-17-13(18)10-21-15(17)16-12-7-5-11(6-8-12)9-14(19)20-4-2/h5-8H,3-4,9-10H2,1-2H3. The molecule has 0 saturated carbocycles. The van der Waals surface area contributed by atoms with Gasteiger partial charge in [-0.15, -0.1) is 0 Å². The normalized spacial score (nSPS) is 16.6. The van der Waals surface area contributed by atoms with Crippen molar-refractivity contribution in [3.63, 3.8) is 0 Å². The molecule has 2 rings (SSSR count). The Morgan fingerprint density at radius 2 is 2.05 bits per heavy atom. The van der Waals surface area contributed by atoms with Crippen molar-refractivity contribution >= 4 is 34.5 Å². The molecule has 1 saturated heterocycles. The molecule has 0 aromatic heterocycles. The summed E-state index contributed by atoms with van der Waals surface area (Å²) in [6.07, 6.45) is 0.263. The highest BCUT2D eigenvalue weighted by molar-refractivity contribution is 8.15. The molecule has 1 aromatic carbocycles. The van der Waals surface area contributed by atoms with Crippen molar-refractivity contribution < 1.29 is 14.3 Å². The summed E-state index contributed by atoms with van der Waals surface area (Å²) in [5, 5.41) is 0.737. The fourth-order valence-corrected chi connectivity index (χ4v) is 2.94. The third kappa shape index (κ3) is 4.07. The molecule has 1 fully saturated rings. The molecule has 0 N–H and O–H groups in total. The van der Waals surface area contributed by atoms with Crippen molar-refractivity contribution in [2.75, 3.05) is 18.9 Å². The quantitative estimate of drug-likeness (QED) is 0.784. The second-order valence-electron chi connectivity index (χ2n) is 4.47. The van der Waals surface area contributed by atoms with Crippen LogP contribution in [0.25, 0.3) is 0 Å². The lowest BCUT2D eigenvalue weighted by molar-refractivity contribution is -0.142. The van der Waals surface area contributed by atoms with Crippen LogP contribution in [0, 0.1) is 0 Å². The number of thioether (sulfide) groups is 1. The number of aliphatic imine (C=N–C) groups is 1. The van der Waals surface area contributed by atoms with Crippen LogP contribution < -0.4 is 0 Å². The summed E-state index contributed by atoms with van der Waals surface area (Å²) in [5.74, 6) is 0.319. The number of rotatable bonds is 5. The van der Waals surface area contributed by atoms with E-state index in [0.717, 1.165) is 16.4 Å². The summed E-state index contributed by atoms with van der Waals surface area (Å²) < 4.78 is 4.91. The second-order valence-corrected chi connectivity index (χ2v) is 5.41. The first kappa shape index (κ1) is 15.6. The summed E-state index contributed by atoms with van der Waals surface area (Å²) in [7, 11) is 0. The van der Waals surface area contributed by atoms with E-state index in [4.69, 9.17) is 4.74 Å². The van der Waals surface area contributed by atoms with Gasteiger partial charge in [0.05, 0.1) is 24.5 Å². The van der Waals surface area contributed by atoms with Crippen LogP contribution in [-0.2, 0) is 20.7 Å². The molecular weight excluding hydrogens is 288 g/mol. The summed E-state index contributed by atoms with van der Waals surface area (Å²) in [6, 6.07) is 7.40. The van der Waals surface area contributed by atoms with Crippen LogP contribution in [0.5, 0.6) is 0 Å². The molecule has 21 heavy (non-hydrogen) atoms. The van der Waals surface area contributed by atoms with E-state index in [9.17, 15) is 9.59 Å². The van der Waals surface area contributed by atoms with Crippen molar-refractivity contribution in [1.29, 1.82) is 0 Å². The van der Waals surface area contributed by atoms with Gasteiger partial charge in [-0.25, -0.2) is 4.99 Å². The molecule has 1 amide bonds. The van der Waals surface area contributed by atoms with Gasteiger partial charge in [-0.1, -0.05) is 23.9 Å². The second kappa shape index (κ2) is 7.26. The van der Waals surface area contributed by atoms with Gasteiger partial charge in [0, 0.05) is 6.54 Å². The van der Waals surface area contributed by atoms with Crippen LogP contribution in [0.4, 0.5) is 5.69 Å². The maximum absolute atomic E-state index is 11.6. The lowest BCUT2D eigenvalue weighted by Gasteiger charge is -2.12. The predicted octanol–water partition coefficient (Wildman–Crippen LogP) is 2.38. The topological polar surface area (TPSA) is 59.0 Å². The van der Waals surface area contributed by atoms with Gasteiger partial charge in [-0.2, -0.15) is 0 Å². The van der Waals surface area contributed by atoms with Crippen LogP contribution in [0.2, 0.25) is 0 Å². The number of hydrogen-bond acceptors (Lipinski definition) is 5. The number of nitrogens with zero attached hydrogens (tertiary/aromatic N) is 2. The molecule has 0 bridgehead atoms. The van der Waals surface area contributed by atoms with E-state index in [1.165, 1.54) is 11.8 Å². The lowest BCUT2D eigenvalue weighted by Crippen LogP contribution is -2.28. The minimum Gasteiger partial charge on any atom is -0.466 e. The molecule has 6 heteroatoms. The van der Waals surface area contributed by atoms with Gasteiger partial charge in [0.1, 0.15) is 0 Å². The Kier molecular flexibility index (Phi) is 5.38. The number of amidine groups is 1. The minimum atomic E-state index is -0.231. The molecule has 1 heterocycles. The van der Waals surface area contributed by atoms with E-state index in [0.29, 0.717) is 18.9 Å². The largest absolute Gasteiger partial charge is 0.466 e. The molecule has 1 aliphatic rings. The smallest absolute Gasteiger partial charge is 0.310 e. The monoisotopic (exact) mass is 306 g/mol. The number of benzene rings is 1. The Morgan fingerprint density at radius 1 is 1.33 bits per heavy atom. The van der Waals surface area contributed by atoms with E-state index in [-0.39, 0.29) is 18.3 Å². The molecule has 112 valence electrons. The fraction of sp³-hybridized carbons (Fsp3) is 0.400. The number of hydrogen-bond donors (Lipinski definition) is 0. The van der Waals surface area contributed by atoms with Gasteiger partial charge < -0.3 is 4.74 Å². The van der Waals surface area contributed by atoms with E-state index < -0.39 is 0 Å². The van der Waals surface area contributed by atoms with Gasteiger partial charge >= 0.3 is 5.97 Å². The van der Waals surface area contributed by atoms with Crippen LogP contribution in [-0.4, -0.2) is 40.8 Å². The van der Waals surface area contributed by atoms with Crippen molar-refractivity contribution in [2.45, 2.75) is 20.3 Å². The molecule has 5 nitrogen and oxygen atoms in total. The highest BCUT2D eigenvalue weighted by Crippen LogP contribution is 2.23. The number of amides is 1. The molecule has 0 unspecified atom stereocenters. The number of carbonyl (C=O) groups is 2. The molecule has 0 spiro atoms. The van der Waals surface area contributed by atoms with Crippen molar-refractivity contribution in [3.8, 4) is 0 Å². The first-order valence-electron chi connectivity index (χ1n) is 6.90. The van der Waals surface area contributed by atoms with Crippen LogP contribution in [0.3, 0.4) is 0 Å². The average Bonchev–Trinajstić information content (AvgIpc) is 2.81. The third-order valence-electron chi connectivity index (χ3n) is 2.99. The molecule has 0 radical (unpaired) electrons. The van der Waals surface area contributed by atoms with Gasteiger partial charge in [0.2, 0.25) is 5.91 Å². The summed E-state index contributed by atoms with van der Waals surface area (Å²) in [6.45, 7) is 4.74. The minimum absolute atomic E-state index is 0.0974. The van der Waals surface area contributed by atoms with Crippen molar-refractivity contribution in [2.24, 2.45) is 4.99 Å². The van der Waals surface area contributed by atoms with Crippen LogP contribution >= 0.6 is 11.8 Å².